The number of rotatable bonds is 9. The van der Waals surface area contributed by atoms with E-state index in [4.69, 9.17) is 25.8 Å². The van der Waals surface area contributed by atoms with Crippen molar-refractivity contribution in [1.29, 1.82) is 0 Å². The SMILES string of the molecule is COc1ccc(/C=C2\C(=O)NC(=O)N(c3ccc(OCc4ccccc4Cl)cc3)C2=O)c(OCc2c(C)ccc3ccccc23)c1. The maximum atomic E-state index is 13.7. The summed E-state index contributed by atoms with van der Waals surface area (Å²) in [7, 11) is 1.54. The van der Waals surface area contributed by atoms with E-state index in [9.17, 15) is 14.4 Å². The van der Waals surface area contributed by atoms with Gasteiger partial charge in [-0.3, -0.25) is 14.9 Å². The first-order valence-corrected chi connectivity index (χ1v) is 14.9. The van der Waals surface area contributed by atoms with Crippen LogP contribution in [0.2, 0.25) is 5.02 Å². The van der Waals surface area contributed by atoms with Crippen molar-refractivity contribution in [3.8, 4) is 17.2 Å². The third-order valence-electron chi connectivity index (χ3n) is 7.72. The summed E-state index contributed by atoms with van der Waals surface area (Å²) >= 11 is 6.21. The molecule has 46 heavy (non-hydrogen) atoms. The second-order valence-corrected chi connectivity index (χ2v) is 11.0. The molecule has 5 aromatic rings. The number of carbonyl (C=O) groups excluding carboxylic acids is 3. The number of benzene rings is 5. The van der Waals surface area contributed by atoms with Crippen molar-refractivity contribution in [1.82, 2.24) is 5.32 Å². The molecule has 6 rings (SSSR count). The van der Waals surface area contributed by atoms with E-state index >= 15 is 0 Å². The lowest BCUT2D eigenvalue weighted by atomic mass is 10.0. The zero-order valence-electron chi connectivity index (χ0n) is 25.1. The van der Waals surface area contributed by atoms with Crippen molar-refractivity contribution in [3.63, 3.8) is 0 Å². The van der Waals surface area contributed by atoms with Crippen LogP contribution >= 0.6 is 11.6 Å². The largest absolute Gasteiger partial charge is 0.497 e. The average Bonchev–Trinajstić information content (AvgIpc) is 3.06. The van der Waals surface area contributed by atoms with Gasteiger partial charge in [0.25, 0.3) is 11.8 Å². The molecule has 1 N–H and O–H groups in total. The fraction of sp³-hybridized carbons (Fsp3) is 0.108. The van der Waals surface area contributed by atoms with Crippen LogP contribution in [-0.4, -0.2) is 25.0 Å². The lowest BCUT2D eigenvalue weighted by Crippen LogP contribution is -2.54. The number of fused-ring (bicyclic) bond motifs is 1. The highest BCUT2D eigenvalue weighted by molar-refractivity contribution is 6.39. The van der Waals surface area contributed by atoms with Crippen LogP contribution in [0.4, 0.5) is 10.5 Å². The number of carbonyl (C=O) groups is 3. The minimum atomic E-state index is -0.852. The number of urea groups is 1. The Morgan fingerprint density at radius 1 is 0.804 bits per heavy atom. The summed E-state index contributed by atoms with van der Waals surface area (Å²) in [6.45, 7) is 2.51. The van der Waals surface area contributed by atoms with Crippen molar-refractivity contribution in [2.45, 2.75) is 20.1 Å². The number of halogens is 1. The minimum absolute atomic E-state index is 0.227. The van der Waals surface area contributed by atoms with E-state index < -0.39 is 17.8 Å². The first kappa shape index (κ1) is 30.4. The van der Waals surface area contributed by atoms with Crippen LogP contribution in [0.15, 0.2) is 109 Å². The second kappa shape index (κ2) is 13.2. The molecule has 0 bridgehead atoms. The molecule has 0 spiro atoms. The molecule has 1 aliphatic heterocycles. The number of amides is 4. The third-order valence-corrected chi connectivity index (χ3v) is 8.08. The van der Waals surface area contributed by atoms with E-state index in [-0.39, 0.29) is 24.5 Å². The van der Waals surface area contributed by atoms with E-state index in [1.165, 1.54) is 6.08 Å². The number of hydrogen-bond acceptors (Lipinski definition) is 6. The molecule has 230 valence electrons. The van der Waals surface area contributed by atoms with Crippen LogP contribution in [0.5, 0.6) is 17.2 Å². The van der Waals surface area contributed by atoms with Gasteiger partial charge in [-0.05, 0) is 71.8 Å². The van der Waals surface area contributed by atoms with Gasteiger partial charge >= 0.3 is 6.03 Å². The summed E-state index contributed by atoms with van der Waals surface area (Å²) in [6.07, 6.45) is 1.42. The smallest absolute Gasteiger partial charge is 0.335 e. The van der Waals surface area contributed by atoms with Gasteiger partial charge < -0.3 is 14.2 Å². The van der Waals surface area contributed by atoms with Crippen LogP contribution < -0.4 is 24.4 Å². The first-order valence-electron chi connectivity index (χ1n) is 14.5. The number of methoxy groups -OCH3 is 1. The molecule has 0 aromatic heterocycles. The molecule has 0 aliphatic carbocycles. The summed E-state index contributed by atoms with van der Waals surface area (Å²) in [5.41, 5.74) is 3.41. The van der Waals surface area contributed by atoms with Crippen LogP contribution in [0, 0.1) is 6.92 Å². The van der Waals surface area contributed by atoms with Crippen LogP contribution in [0.3, 0.4) is 0 Å². The Kier molecular flexibility index (Phi) is 8.72. The number of nitrogens with zero attached hydrogens (tertiary/aromatic N) is 1. The van der Waals surface area contributed by atoms with Crippen molar-refractivity contribution in [2.75, 3.05) is 12.0 Å². The number of anilines is 1. The normalized spacial score (nSPS) is 14.0. The number of barbiturate groups is 1. The fourth-order valence-corrected chi connectivity index (χ4v) is 5.38. The highest BCUT2D eigenvalue weighted by atomic mass is 35.5. The van der Waals surface area contributed by atoms with Crippen molar-refractivity contribution >= 4 is 52.0 Å². The van der Waals surface area contributed by atoms with E-state index in [2.05, 4.69) is 11.4 Å². The Hall–Kier alpha value is -5.60. The molecule has 1 saturated heterocycles. The maximum absolute atomic E-state index is 13.7. The standard InChI is InChI=1S/C37H29ClN2O6/c1-23-11-12-24-7-3-5-9-30(24)32(23)22-46-34-20-29(44-2)16-13-25(34)19-31-35(41)39-37(43)40(36(31)42)27-14-17-28(18-15-27)45-21-26-8-4-6-10-33(26)38/h3-20H,21-22H2,1-2H3,(H,39,41,43)/b31-19+. The molecule has 1 aliphatic rings. The van der Waals surface area contributed by atoms with Gasteiger partial charge in [-0.2, -0.15) is 0 Å². The number of ether oxygens (including phenoxy) is 3. The topological polar surface area (TPSA) is 94.2 Å². The van der Waals surface area contributed by atoms with Crippen LogP contribution in [0.25, 0.3) is 16.8 Å². The van der Waals surface area contributed by atoms with Crippen molar-refractivity contribution in [2.24, 2.45) is 0 Å². The number of aryl methyl sites for hydroxylation is 1. The second-order valence-electron chi connectivity index (χ2n) is 10.6. The van der Waals surface area contributed by atoms with Gasteiger partial charge in [-0.25, -0.2) is 9.69 Å². The minimum Gasteiger partial charge on any atom is -0.497 e. The van der Waals surface area contributed by atoms with E-state index in [0.29, 0.717) is 27.8 Å². The monoisotopic (exact) mass is 632 g/mol. The third kappa shape index (κ3) is 6.29. The quantitative estimate of drug-likeness (QED) is 0.133. The van der Waals surface area contributed by atoms with Gasteiger partial charge in [-0.1, -0.05) is 66.2 Å². The predicted octanol–water partition coefficient (Wildman–Crippen LogP) is 7.63. The van der Waals surface area contributed by atoms with Crippen molar-refractivity contribution in [3.05, 3.63) is 136 Å². The first-order chi connectivity index (χ1) is 22.3. The van der Waals surface area contributed by atoms with Gasteiger partial charge in [0, 0.05) is 27.8 Å². The maximum Gasteiger partial charge on any atom is 0.335 e. The molecule has 0 saturated carbocycles. The molecule has 5 aromatic carbocycles. The highest BCUT2D eigenvalue weighted by Gasteiger charge is 2.37. The molecule has 1 fully saturated rings. The van der Waals surface area contributed by atoms with Gasteiger partial charge in [0.1, 0.15) is 36.0 Å². The molecule has 9 heteroatoms. The van der Waals surface area contributed by atoms with Gasteiger partial charge in [0.2, 0.25) is 0 Å². The predicted molar refractivity (Wildman–Crippen MR) is 177 cm³/mol. The average molecular weight is 633 g/mol. The summed E-state index contributed by atoms with van der Waals surface area (Å²) in [5.74, 6) is -0.118. The summed E-state index contributed by atoms with van der Waals surface area (Å²) in [4.78, 5) is 40.4. The van der Waals surface area contributed by atoms with Gasteiger partial charge in [0.05, 0.1) is 12.8 Å². The van der Waals surface area contributed by atoms with E-state index in [1.807, 2.05) is 55.5 Å². The van der Waals surface area contributed by atoms with E-state index in [0.717, 1.165) is 32.4 Å². The molecule has 0 radical (unpaired) electrons. The van der Waals surface area contributed by atoms with E-state index in [1.54, 1.807) is 55.6 Å². The van der Waals surface area contributed by atoms with Gasteiger partial charge in [0.15, 0.2) is 0 Å². The molecule has 8 nitrogen and oxygen atoms in total. The lowest BCUT2D eigenvalue weighted by Gasteiger charge is -2.26. The fourth-order valence-electron chi connectivity index (χ4n) is 5.19. The molecule has 4 amide bonds. The molecular weight excluding hydrogens is 604 g/mol. The Morgan fingerprint density at radius 2 is 1.54 bits per heavy atom. The Morgan fingerprint density at radius 3 is 2.33 bits per heavy atom. The Balaban J connectivity index is 1.26. The number of hydrogen-bond donors (Lipinski definition) is 1. The lowest BCUT2D eigenvalue weighted by molar-refractivity contribution is -0.122. The zero-order valence-corrected chi connectivity index (χ0v) is 25.8. The molecule has 0 unspecified atom stereocenters. The summed E-state index contributed by atoms with van der Waals surface area (Å²) in [6, 6.07) is 30.2. The Labute approximate surface area is 270 Å². The highest BCUT2D eigenvalue weighted by Crippen LogP contribution is 2.31. The van der Waals surface area contributed by atoms with Crippen LogP contribution in [0.1, 0.15) is 22.3 Å². The van der Waals surface area contributed by atoms with Crippen LogP contribution in [-0.2, 0) is 22.8 Å². The summed E-state index contributed by atoms with van der Waals surface area (Å²) < 4.78 is 17.5. The van der Waals surface area contributed by atoms with Gasteiger partial charge in [-0.15, -0.1) is 0 Å². The Bertz CT molecular complexity index is 2000. The number of imide groups is 2. The molecule has 1 heterocycles. The molecule has 0 atom stereocenters. The van der Waals surface area contributed by atoms with Crippen molar-refractivity contribution < 1.29 is 28.6 Å². The number of nitrogens with one attached hydrogen (secondary N) is 1. The summed E-state index contributed by atoms with van der Waals surface area (Å²) in [5, 5.41) is 5.02. The zero-order chi connectivity index (χ0) is 32.2. The molecular formula is C37H29ClN2O6.